The van der Waals surface area contributed by atoms with Crippen molar-refractivity contribution in [3.63, 3.8) is 0 Å². The summed E-state index contributed by atoms with van der Waals surface area (Å²) in [5, 5.41) is 31.7. The largest absolute Gasteiger partial charge is 0.481 e. The number of hydrogen-bond acceptors (Lipinski definition) is 3. The predicted molar refractivity (Wildman–Crippen MR) is 90.3 cm³/mol. The first-order valence-corrected chi connectivity index (χ1v) is 9.69. The Kier molecular flexibility index (Phi) is 3.34. The van der Waals surface area contributed by atoms with Crippen molar-refractivity contribution in [2.75, 3.05) is 0 Å². The molecule has 1 spiro atoms. The number of carbonyl (C=O) groups is 1. The van der Waals surface area contributed by atoms with E-state index in [1.807, 2.05) is 6.92 Å². The molecule has 3 N–H and O–H groups in total. The van der Waals surface area contributed by atoms with E-state index in [0.29, 0.717) is 18.8 Å². The van der Waals surface area contributed by atoms with Crippen molar-refractivity contribution in [3.8, 4) is 0 Å². The molecule has 24 heavy (non-hydrogen) atoms. The third-order valence-corrected chi connectivity index (χ3v) is 9.26. The van der Waals surface area contributed by atoms with Crippen molar-refractivity contribution in [1.82, 2.24) is 0 Å². The summed E-state index contributed by atoms with van der Waals surface area (Å²) in [6.07, 6.45) is 6.32. The summed E-state index contributed by atoms with van der Waals surface area (Å²) in [6.45, 7) is 6.35. The van der Waals surface area contributed by atoms with Gasteiger partial charge < -0.3 is 15.3 Å². The molecule has 136 valence electrons. The van der Waals surface area contributed by atoms with Crippen LogP contribution in [0.3, 0.4) is 0 Å². The molecule has 4 saturated carbocycles. The Morgan fingerprint density at radius 1 is 1.00 bits per heavy atom. The van der Waals surface area contributed by atoms with Crippen molar-refractivity contribution in [2.45, 2.75) is 84.3 Å². The van der Waals surface area contributed by atoms with Gasteiger partial charge in [-0.1, -0.05) is 20.3 Å². The molecular formula is C20H32O4. The topological polar surface area (TPSA) is 77.8 Å². The molecule has 4 nitrogen and oxygen atoms in total. The Morgan fingerprint density at radius 2 is 1.71 bits per heavy atom. The zero-order chi connectivity index (χ0) is 17.5. The molecule has 8 atom stereocenters. The third kappa shape index (κ3) is 1.74. The number of hydrogen-bond donors (Lipinski definition) is 3. The molecule has 4 aliphatic carbocycles. The van der Waals surface area contributed by atoms with Gasteiger partial charge in [0.05, 0.1) is 17.6 Å². The summed E-state index contributed by atoms with van der Waals surface area (Å²) in [5.74, 6) is -0.593. The van der Waals surface area contributed by atoms with E-state index < -0.39 is 17.5 Å². The quantitative estimate of drug-likeness (QED) is 0.687. The molecular weight excluding hydrogens is 304 g/mol. The number of carboxylic acids is 1. The van der Waals surface area contributed by atoms with E-state index in [4.69, 9.17) is 0 Å². The molecule has 2 bridgehead atoms. The van der Waals surface area contributed by atoms with Gasteiger partial charge in [-0.25, -0.2) is 0 Å². The lowest BCUT2D eigenvalue weighted by molar-refractivity contribution is -0.233. The molecule has 0 aromatic heterocycles. The second kappa shape index (κ2) is 4.76. The Labute approximate surface area is 144 Å². The summed E-state index contributed by atoms with van der Waals surface area (Å²) in [7, 11) is 0. The van der Waals surface area contributed by atoms with Crippen LogP contribution >= 0.6 is 0 Å². The lowest BCUT2D eigenvalue weighted by atomic mass is 9.37. The Morgan fingerprint density at radius 3 is 2.38 bits per heavy atom. The van der Waals surface area contributed by atoms with Gasteiger partial charge in [0, 0.05) is 5.92 Å². The van der Waals surface area contributed by atoms with Crippen molar-refractivity contribution in [1.29, 1.82) is 0 Å². The smallest absolute Gasteiger partial charge is 0.309 e. The van der Waals surface area contributed by atoms with E-state index in [-0.39, 0.29) is 28.3 Å². The monoisotopic (exact) mass is 336 g/mol. The van der Waals surface area contributed by atoms with Gasteiger partial charge in [0.15, 0.2) is 0 Å². The molecule has 0 aliphatic heterocycles. The van der Waals surface area contributed by atoms with Crippen LogP contribution in [0.1, 0.15) is 72.1 Å². The highest BCUT2D eigenvalue weighted by atomic mass is 16.4. The molecule has 0 amide bonds. The number of fused-ring (bicyclic) bond motifs is 2. The van der Waals surface area contributed by atoms with Crippen molar-refractivity contribution < 1.29 is 20.1 Å². The molecule has 4 heteroatoms. The van der Waals surface area contributed by atoms with Crippen molar-refractivity contribution in [3.05, 3.63) is 0 Å². The van der Waals surface area contributed by atoms with Gasteiger partial charge in [0.25, 0.3) is 0 Å². The minimum absolute atomic E-state index is 0.0244. The lowest BCUT2D eigenvalue weighted by Crippen LogP contribution is -2.66. The van der Waals surface area contributed by atoms with Gasteiger partial charge in [-0.05, 0) is 74.0 Å². The SMILES string of the molecule is C[C@]12CC[C@]3(C1)[C@@H](C[C@@H](O)[C@H]1[C@](C)(C(=O)O)CCC[C@@]13C)C[C@@H]2O. The summed E-state index contributed by atoms with van der Waals surface area (Å²) >= 11 is 0. The van der Waals surface area contributed by atoms with Crippen LogP contribution in [0.25, 0.3) is 0 Å². The minimum Gasteiger partial charge on any atom is -0.481 e. The molecule has 0 aromatic rings. The standard InChI is InChI=1S/C20H32O4/c1-17-7-8-20(11-17)12(10-14(17)22)9-13(21)15-18(2,16(23)24)5-4-6-19(15,20)3/h12-15,21-22H,4-11H2,1-3H3,(H,23,24)/t12-,13+,14-,15-,17-,18+,19-,20-/m0/s1. The highest BCUT2D eigenvalue weighted by Gasteiger charge is 2.72. The zero-order valence-electron chi connectivity index (χ0n) is 15.2. The zero-order valence-corrected chi connectivity index (χ0v) is 15.2. The van der Waals surface area contributed by atoms with Gasteiger partial charge in [-0.15, -0.1) is 0 Å². The molecule has 4 fully saturated rings. The molecule has 0 unspecified atom stereocenters. The molecule has 0 heterocycles. The fraction of sp³-hybridized carbons (Fsp3) is 0.950. The van der Waals surface area contributed by atoms with Crippen molar-refractivity contribution in [2.24, 2.45) is 33.5 Å². The fourth-order valence-corrected chi connectivity index (χ4v) is 8.01. The molecule has 0 radical (unpaired) electrons. The second-order valence-electron chi connectivity index (χ2n) is 10.2. The fourth-order valence-electron chi connectivity index (χ4n) is 8.01. The Balaban J connectivity index is 1.84. The molecule has 4 aliphatic rings. The highest BCUT2D eigenvalue weighted by molar-refractivity contribution is 5.75. The minimum atomic E-state index is -0.832. The van der Waals surface area contributed by atoms with Crippen LogP contribution < -0.4 is 0 Å². The maximum absolute atomic E-state index is 12.1. The van der Waals surface area contributed by atoms with Gasteiger partial charge in [-0.2, -0.15) is 0 Å². The van der Waals surface area contributed by atoms with Gasteiger partial charge >= 0.3 is 5.97 Å². The van der Waals surface area contributed by atoms with E-state index >= 15 is 0 Å². The maximum Gasteiger partial charge on any atom is 0.309 e. The summed E-state index contributed by atoms with van der Waals surface area (Å²) in [6, 6.07) is 0. The normalized spacial score (nSPS) is 59.5. The summed E-state index contributed by atoms with van der Waals surface area (Å²) in [5.41, 5.74) is -0.898. The van der Waals surface area contributed by atoms with Crippen molar-refractivity contribution >= 4 is 5.97 Å². The van der Waals surface area contributed by atoms with Crippen LogP contribution in [-0.2, 0) is 4.79 Å². The number of aliphatic hydroxyl groups is 2. The average molecular weight is 336 g/mol. The van der Waals surface area contributed by atoms with Gasteiger partial charge in [0.1, 0.15) is 0 Å². The predicted octanol–water partition coefficient (Wildman–Crippen LogP) is 3.21. The van der Waals surface area contributed by atoms with Crippen LogP contribution in [0.4, 0.5) is 0 Å². The van der Waals surface area contributed by atoms with Crippen LogP contribution in [0, 0.1) is 33.5 Å². The average Bonchev–Trinajstić information content (AvgIpc) is 2.81. The van der Waals surface area contributed by atoms with E-state index in [9.17, 15) is 20.1 Å². The first kappa shape index (κ1) is 16.8. The highest BCUT2D eigenvalue weighted by Crippen LogP contribution is 2.76. The van der Waals surface area contributed by atoms with Crippen LogP contribution in [0.2, 0.25) is 0 Å². The van der Waals surface area contributed by atoms with E-state index in [1.54, 1.807) is 0 Å². The van der Waals surface area contributed by atoms with Gasteiger partial charge in [-0.3, -0.25) is 4.79 Å². The molecule has 0 aromatic carbocycles. The van der Waals surface area contributed by atoms with E-state index in [1.165, 1.54) is 0 Å². The number of carboxylic acid groups (broad SMARTS) is 1. The van der Waals surface area contributed by atoms with Crippen LogP contribution in [-0.4, -0.2) is 33.5 Å². The first-order chi connectivity index (χ1) is 11.1. The lowest BCUT2D eigenvalue weighted by Gasteiger charge is -2.67. The van der Waals surface area contributed by atoms with Crippen LogP contribution in [0.5, 0.6) is 0 Å². The van der Waals surface area contributed by atoms with E-state index in [2.05, 4.69) is 13.8 Å². The molecule has 4 rings (SSSR count). The van der Waals surface area contributed by atoms with Gasteiger partial charge in [0.2, 0.25) is 0 Å². The first-order valence-electron chi connectivity index (χ1n) is 9.69. The third-order valence-electron chi connectivity index (χ3n) is 9.26. The van der Waals surface area contributed by atoms with Crippen LogP contribution in [0.15, 0.2) is 0 Å². The summed E-state index contributed by atoms with van der Waals surface area (Å²) < 4.78 is 0. The van der Waals surface area contributed by atoms with E-state index in [0.717, 1.165) is 38.5 Å². The second-order valence-corrected chi connectivity index (χ2v) is 10.2. The molecule has 0 saturated heterocycles. The Bertz CT molecular complexity index is 576. The summed E-state index contributed by atoms with van der Waals surface area (Å²) in [4.78, 5) is 12.1. The number of aliphatic carboxylic acids is 1. The number of aliphatic hydroxyl groups excluding tert-OH is 2. The number of rotatable bonds is 1. The maximum atomic E-state index is 12.1. The Hall–Kier alpha value is -0.610.